The minimum absolute atomic E-state index is 0.146. The average molecular weight is 352 g/mol. The maximum absolute atomic E-state index is 12.6. The Morgan fingerprint density at radius 1 is 1.30 bits per heavy atom. The Bertz CT molecular complexity index is 586. The number of carboxylic acids is 1. The van der Waals surface area contributed by atoms with Crippen molar-refractivity contribution in [1.29, 1.82) is 0 Å². The van der Waals surface area contributed by atoms with Gasteiger partial charge in [0.2, 0.25) is 0 Å². The lowest BCUT2D eigenvalue weighted by Crippen LogP contribution is -2.44. The number of halogens is 4. The average Bonchev–Trinajstić information content (AvgIpc) is 2.34. The van der Waals surface area contributed by atoms with Crippen LogP contribution in [0, 0.1) is 0 Å². The summed E-state index contributed by atoms with van der Waals surface area (Å²) in [7, 11) is 0. The molecule has 0 spiro atoms. The Kier molecular flexibility index (Phi) is 3.77. The van der Waals surface area contributed by atoms with Crippen LogP contribution < -0.4 is 4.90 Å². The molecule has 0 aromatic heterocycles. The van der Waals surface area contributed by atoms with Gasteiger partial charge in [-0.2, -0.15) is 13.2 Å². The van der Waals surface area contributed by atoms with Gasteiger partial charge in [-0.1, -0.05) is 15.9 Å². The summed E-state index contributed by atoms with van der Waals surface area (Å²) in [4.78, 5) is 23.1. The molecule has 0 unspecified atom stereocenters. The summed E-state index contributed by atoms with van der Waals surface area (Å²) in [5.41, 5.74) is -0.0541. The maximum atomic E-state index is 12.6. The van der Waals surface area contributed by atoms with Crippen LogP contribution in [0.4, 0.5) is 18.9 Å². The molecule has 0 fully saturated rings. The number of rotatable bonds is 1. The number of alkyl halides is 3. The molecule has 20 heavy (non-hydrogen) atoms. The lowest BCUT2D eigenvalue weighted by atomic mass is 9.97. The van der Waals surface area contributed by atoms with E-state index in [9.17, 15) is 22.8 Å². The molecule has 1 N–H and O–H groups in total. The van der Waals surface area contributed by atoms with Crippen LogP contribution in [0.25, 0.3) is 0 Å². The monoisotopic (exact) mass is 351 g/mol. The van der Waals surface area contributed by atoms with E-state index in [1.807, 2.05) is 0 Å². The van der Waals surface area contributed by atoms with E-state index < -0.39 is 18.1 Å². The van der Waals surface area contributed by atoms with E-state index in [0.717, 1.165) is 0 Å². The summed E-state index contributed by atoms with van der Waals surface area (Å²) in [5.74, 6) is -3.41. The molecule has 8 heteroatoms. The molecule has 1 aromatic rings. The number of aromatic carboxylic acids is 1. The molecule has 0 bridgehead atoms. The lowest BCUT2D eigenvalue weighted by Gasteiger charge is -2.31. The summed E-state index contributed by atoms with van der Waals surface area (Å²) in [6, 6.07) is 2.74. The van der Waals surface area contributed by atoms with Gasteiger partial charge in [0.05, 0.1) is 11.3 Å². The van der Waals surface area contributed by atoms with Gasteiger partial charge in [-0.15, -0.1) is 0 Å². The van der Waals surface area contributed by atoms with E-state index in [1.54, 1.807) is 0 Å². The molecule has 0 aliphatic carbocycles. The number of carbonyl (C=O) groups excluding carboxylic acids is 1. The van der Waals surface area contributed by atoms with Crippen LogP contribution in [0.5, 0.6) is 0 Å². The first-order valence-corrected chi connectivity index (χ1v) is 6.45. The molecular formula is C12H9BrF3NO3. The lowest BCUT2D eigenvalue weighted by molar-refractivity contribution is -0.170. The number of fused-ring (bicyclic) bond motifs is 1. The van der Waals surface area contributed by atoms with Crippen LogP contribution in [0.2, 0.25) is 0 Å². The van der Waals surface area contributed by atoms with Crippen LogP contribution >= 0.6 is 15.9 Å². The number of aryl methyl sites for hydroxylation is 1. The van der Waals surface area contributed by atoms with Crippen molar-refractivity contribution in [3.8, 4) is 0 Å². The van der Waals surface area contributed by atoms with Crippen molar-refractivity contribution < 1.29 is 27.9 Å². The third-order valence-corrected chi connectivity index (χ3v) is 3.43. The smallest absolute Gasteiger partial charge is 0.471 e. The predicted molar refractivity (Wildman–Crippen MR) is 67.8 cm³/mol. The van der Waals surface area contributed by atoms with Crippen molar-refractivity contribution in [1.82, 2.24) is 0 Å². The summed E-state index contributed by atoms with van der Waals surface area (Å²) in [6.07, 6.45) is -4.25. The van der Waals surface area contributed by atoms with Gasteiger partial charge in [-0.3, -0.25) is 4.79 Å². The van der Waals surface area contributed by atoms with E-state index in [4.69, 9.17) is 5.11 Å². The molecule has 1 aliphatic heterocycles. The Balaban J connectivity index is 2.60. The number of benzene rings is 1. The molecule has 1 amide bonds. The first-order valence-electron chi connectivity index (χ1n) is 5.66. The van der Waals surface area contributed by atoms with Crippen molar-refractivity contribution in [2.24, 2.45) is 0 Å². The molecule has 1 aromatic carbocycles. The SMILES string of the molecule is O=C(O)c1cc(Br)cc2c1N(C(=O)C(F)(F)F)CCC2. The van der Waals surface area contributed by atoms with E-state index in [1.165, 1.54) is 12.1 Å². The van der Waals surface area contributed by atoms with Crippen LogP contribution in [0.1, 0.15) is 22.3 Å². The molecule has 0 saturated carbocycles. The fraction of sp³-hybridized carbons (Fsp3) is 0.333. The zero-order valence-electron chi connectivity index (χ0n) is 10.00. The second-order valence-electron chi connectivity index (χ2n) is 4.32. The van der Waals surface area contributed by atoms with E-state index in [2.05, 4.69) is 15.9 Å². The molecule has 0 saturated heterocycles. The standard InChI is InChI=1S/C12H9BrF3NO3/c13-7-4-6-2-1-3-17(11(20)12(14,15)16)9(6)8(5-7)10(18)19/h4-5H,1-3H2,(H,18,19). The van der Waals surface area contributed by atoms with Gasteiger partial charge in [-0.05, 0) is 30.5 Å². The van der Waals surface area contributed by atoms with E-state index in [0.29, 0.717) is 27.8 Å². The fourth-order valence-corrected chi connectivity index (χ4v) is 2.73. The normalized spacial score (nSPS) is 14.9. The van der Waals surface area contributed by atoms with Gasteiger partial charge in [0.15, 0.2) is 0 Å². The van der Waals surface area contributed by atoms with Crippen LogP contribution in [-0.2, 0) is 11.2 Å². The topological polar surface area (TPSA) is 57.6 Å². The van der Waals surface area contributed by atoms with Gasteiger partial charge < -0.3 is 10.0 Å². The molecule has 0 atom stereocenters. The fourth-order valence-electron chi connectivity index (χ4n) is 2.22. The number of hydrogen-bond acceptors (Lipinski definition) is 2. The van der Waals surface area contributed by atoms with Crippen molar-refractivity contribution in [3.63, 3.8) is 0 Å². The third kappa shape index (κ3) is 2.65. The first-order chi connectivity index (χ1) is 9.21. The first kappa shape index (κ1) is 14.8. The largest absolute Gasteiger partial charge is 0.478 e. The number of anilines is 1. The van der Waals surface area contributed by atoms with Crippen molar-refractivity contribution >= 4 is 33.5 Å². The van der Waals surface area contributed by atoms with Gasteiger partial charge in [-0.25, -0.2) is 4.79 Å². The minimum Gasteiger partial charge on any atom is -0.478 e. The zero-order chi connectivity index (χ0) is 15.1. The van der Waals surface area contributed by atoms with Crippen LogP contribution in [0.15, 0.2) is 16.6 Å². The van der Waals surface area contributed by atoms with E-state index >= 15 is 0 Å². The van der Waals surface area contributed by atoms with Crippen molar-refractivity contribution in [2.45, 2.75) is 19.0 Å². The minimum atomic E-state index is -5.03. The third-order valence-electron chi connectivity index (χ3n) is 2.97. The molecule has 2 rings (SSSR count). The highest BCUT2D eigenvalue weighted by atomic mass is 79.9. The highest BCUT2D eigenvalue weighted by molar-refractivity contribution is 9.10. The van der Waals surface area contributed by atoms with Crippen LogP contribution in [-0.4, -0.2) is 29.7 Å². The van der Waals surface area contributed by atoms with Crippen molar-refractivity contribution in [2.75, 3.05) is 11.4 Å². The predicted octanol–water partition coefficient (Wildman–Crippen LogP) is 2.99. The van der Waals surface area contributed by atoms with Crippen molar-refractivity contribution in [3.05, 3.63) is 27.7 Å². The quantitative estimate of drug-likeness (QED) is 0.846. The van der Waals surface area contributed by atoms with Crippen LogP contribution in [0.3, 0.4) is 0 Å². The molecule has 4 nitrogen and oxygen atoms in total. The van der Waals surface area contributed by atoms with Gasteiger partial charge in [0.25, 0.3) is 0 Å². The zero-order valence-corrected chi connectivity index (χ0v) is 11.6. The maximum Gasteiger partial charge on any atom is 0.471 e. The highest BCUT2D eigenvalue weighted by Crippen LogP contribution is 2.36. The molecule has 108 valence electrons. The number of hydrogen-bond donors (Lipinski definition) is 1. The summed E-state index contributed by atoms with van der Waals surface area (Å²) < 4.78 is 38.2. The Labute approximate surface area is 120 Å². The second kappa shape index (κ2) is 5.08. The Morgan fingerprint density at radius 3 is 2.50 bits per heavy atom. The van der Waals surface area contributed by atoms with Gasteiger partial charge in [0, 0.05) is 11.0 Å². The number of carbonyl (C=O) groups is 2. The number of amides is 1. The van der Waals surface area contributed by atoms with E-state index in [-0.39, 0.29) is 17.8 Å². The number of carboxylic acid groups (broad SMARTS) is 1. The summed E-state index contributed by atoms with van der Waals surface area (Å²) in [5, 5.41) is 9.13. The molecular weight excluding hydrogens is 343 g/mol. The highest BCUT2D eigenvalue weighted by Gasteiger charge is 2.45. The second-order valence-corrected chi connectivity index (χ2v) is 5.24. The summed E-state index contributed by atoms with van der Waals surface area (Å²) >= 11 is 3.12. The molecule has 0 radical (unpaired) electrons. The molecule has 1 aliphatic rings. The Hall–Kier alpha value is -1.57. The van der Waals surface area contributed by atoms with Gasteiger partial charge >= 0.3 is 18.1 Å². The Morgan fingerprint density at radius 2 is 1.95 bits per heavy atom. The number of nitrogens with zero attached hydrogens (tertiary/aromatic N) is 1. The molecule has 1 heterocycles. The summed E-state index contributed by atoms with van der Waals surface area (Å²) in [6.45, 7) is -0.146. The van der Waals surface area contributed by atoms with Gasteiger partial charge in [0.1, 0.15) is 0 Å².